The summed E-state index contributed by atoms with van der Waals surface area (Å²) < 4.78 is 5.56. The standard InChI is InChI=1S/C18H36N4O/c1-15(2)16(3)21-17(19-4)20-14-18(8-6-5-7-9-18)22-10-12-23-13-11-22/h15-16H,5-14H2,1-4H3,(H2,19,20,21). The lowest BCUT2D eigenvalue weighted by Crippen LogP contribution is -2.61. The van der Waals surface area contributed by atoms with Crippen molar-refractivity contribution < 1.29 is 4.74 Å². The van der Waals surface area contributed by atoms with Crippen LogP contribution in [0.1, 0.15) is 52.9 Å². The number of hydrogen-bond acceptors (Lipinski definition) is 3. The Kier molecular flexibility index (Phi) is 7.15. The first-order valence-corrected chi connectivity index (χ1v) is 9.37. The van der Waals surface area contributed by atoms with Crippen LogP contribution in [-0.4, -0.2) is 62.3 Å². The SMILES string of the molecule is CN=C(NCC1(N2CCOCC2)CCCCC1)NC(C)C(C)C. The molecule has 2 fully saturated rings. The van der Waals surface area contributed by atoms with Gasteiger partial charge in [-0.3, -0.25) is 9.89 Å². The maximum absolute atomic E-state index is 5.56. The summed E-state index contributed by atoms with van der Waals surface area (Å²) in [5.41, 5.74) is 0.278. The first-order chi connectivity index (χ1) is 11.1. The monoisotopic (exact) mass is 324 g/mol. The fraction of sp³-hybridized carbons (Fsp3) is 0.944. The Balaban J connectivity index is 1.97. The molecule has 5 heteroatoms. The topological polar surface area (TPSA) is 48.9 Å². The second-order valence-electron chi connectivity index (χ2n) is 7.49. The zero-order valence-corrected chi connectivity index (χ0v) is 15.5. The molecule has 134 valence electrons. The highest BCUT2D eigenvalue weighted by Crippen LogP contribution is 2.33. The zero-order chi connectivity index (χ0) is 16.7. The minimum absolute atomic E-state index is 0.278. The zero-order valence-electron chi connectivity index (χ0n) is 15.5. The van der Waals surface area contributed by atoms with Crippen LogP contribution in [-0.2, 0) is 4.74 Å². The van der Waals surface area contributed by atoms with Crippen molar-refractivity contribution in [2.24, 2.45) is 10.9 Å². The Morgan fingerprint density at radius 3 is 2.35 bits per heavy atom. The number of guanidine groups is 1. The normalized spacial score (nSPS) is 24.5. The van der Waals surface area contributed by atoms with Crippen molar-refractivity contribution in [2.45, 2.75) is 64.5 Å². The Morgan fingerprint density at radius 2 is 1.78 bits per heavy atom. The van der Waals surface area contributed by atoms with Crippen molar-refractivity contribution in [1.82, 2.24) is 15.5 Å². The molecule has 0 bridgehead atoms. The molecular weight excluding hydrogens is 288 g/mol. The van der Waals surface area contributed by atoms with Crippen LogP contribution in [0.3, 0.4) is 0 Å². The van der Waals surface area contributed by atoms with Crippen LogP contribution in [0.25, 0.3) is 0 Å². The molecule has 2 aliphatic rings. The van der Waals surface area contributed by atoms with E-state index in [2.05, 4.69) is 41.3 Å². The predicted octanol–water partition coefficient (Wildman–Crippen LogP) is 2.23. The summed E-state index contributed by atoms with van der Waals surface area (Å²) in [6, 6.07) is 0.423. The Morgan fingerprint density at radius 1 is 1.13 bits per heavy atom. The minimum Gasteiger partial charge on any atom is -0.379 e. The van der Waals surface area contributed by atoms with E-state index < -0.39 is 0 Å². The van der Waals surface area contributed by atoms with E-state index in [1.54, 1.807) is 0 Å². The number of hydrogen-bond donors (Lipinski definition) is 2. The minimum atomic E-state index is 0.278. The molecule has 1 atom stereocenters. The van der Waals surface area contributed by atoms with Crippen molar-refractivity contribution in [3.8, 4) is 0 Å². The number of ether oxygens (including phenoxy) is 1. The third-order valence-electron chi connectivity index (χ3n) is 5.64. The maximum atomic E-state index is 5.56. The molecule has 1 saturated carbocycles. The number of morpholine rings is 1. The Labute approximate surface area is 142 Å². The fourth-order valence-corrected chi connectivity index (χ4v) is 3.68. The van der Waals surface area contributed by atoms with Gasteiger partial charge in [0.05, 0.1) is 13.2 Å². The molecule has 2 N–H and O–H groups in total. The van der Waals surface area contributed by atoms with Crippen molar-refractivity contribution in [3.05, 3.63) is 0 Å². The summed E-state index contributed by atoms with van der Waals surface area (Å²) in [5.74, 6) is 1.53. The van der Waals surface area contributed by atoms with Crippen molar-refractivity contribution in [3.63, 3.8) is 0 Å². The van der Waals surface area contributed by atoms with Gasteiger partial charge in [-0.25, -0.2) is 0 Å². The molecule has 23 heavy (non-hydrogen) atoms. The molecule has 0 spiro atoms. The summed E-state index contributed by atoms with van der Waals surface area (Å²) >= 11 is 0. The summed E-state index contributed by atoms with van der Waals surface area (Å²) in [6.07, 6.45) is 6.64. The van der Waals surface area contributed by atoms with Gasteiger partial charge in [0.15, 0.2) is 5.96 Å². The van der Waals surface area contributed by atoms with Gasteiger partial charge in [-0.2, -0.15) is 0 Å². The van der Waals surface area contributed by atoms with E-state index in [4.69, 9.17) is 4.74 Å². The lowest BCUT2D eigenvalue weighted by atomic mass is 9.80. The molecule has 1 aliphatic carbocycles. The summed E-state index contributed by atoms with van der Waals surface area (Å²) in [5, 5.41) is 7.14. The van der Waals surface area contributed by atoms with E-state index in [0.29, 0.717) is 12.0 Å². The molecule has 1 unspecified atom stereocenters. The molecule has 1 aliphatic heterocycles. The first-order valence-electron chi connectivity index (χ1n) is 9.37. The van der Waals surface area contributed by atoms with Gasteiger partial charge in [-0.05, 0) is 25.7 Å². The smallest absolute Gasteiger partial charge is 0.191 e. The predicted molar refractivity (Wildman–Crippen MR) is 97.0 cm³/mol. The van der Waals surface area contributed by atoms with Gasteiger partial charge in [0.25, 0.3) is 0 Å². The molecular formula is C18H36N4O. The highest BCUT2D eigenvalue weighted by molar-refractivity contribution is 5.80. The highest BCUT2D eigenvalue weighted by atomic mass is 16.5. The van der Waals surface area contributed by atoms with Crippen LogP contribution in [0, 0.1) is 5.92 Å². The largest absolute Gasteiger partial charge is 0.379 e. The van der Waals surface area contributed by atoms with Gasteiger partial charge >= 0.3 is 0 Å². The number of nitrogens with zero attached hydrogens (tertiary/aromatic N) is 2. The van der Waals surface area contributed by atoms with E-state index >= 15 is 0 Å². The van der Waals surface area contributed by atoms with Crippen molar-refractivity contribution in [1.29, 1.82) is 0 Å². The molecule has 0 aromatic rings. The third-order valence-corrected chi connectivity index (χ3v) is 5.64. The van der Waals surface area contributed by atoms with Gasteiger partial charge < -0.3 is 15.4 Å². The van der Waals surface area contributed by atoms with E-state index in [9.17, 15) is 0 Å². The van der Waals surface area contributed by atoms with Crippen molar-refractivity contribution >= 4 is 5.96 Å². The number of rotatable bonds is 5. The summed E-state index contributed by atoms with van der Waals surface area (Å²) in [7, 11) is 1.87. The van der Waals surface area contributed by atoms with Gasteiger partial charge in [-0.1, -0.05) is 33.1 Å². The van der Waals surface area contributed by atoms with Gasteiger partial charge in [0, 0.05) is 38.3 Å². The first kappa shape index (κ1) is 18.5. The molecule has 1 heterocycles. The Hall–Kier alpha value is -0.810. The fourth-order valence-electron chi connectivity index (χ4n) is 3.68. The summed E-state index contributed by atoms with van der Waals surface area (Å²) in [4.78, 5) is 7.09. The molecule has 2 rings (SSSR count). The molecule has 5 nitrogen and oxygen atoms in total. The van der Waals surface area contributed by atoms with Crippen LogP contribution < -0.4 is 10.6 Å². The van der Waals surface area contributed by atoms with E-state index in [1.165, 1.54) is 32.1 Å². The van der Waals surface area contributed by atoms with Crippen LogP contribution in [0.2, 0.25) is 0 Å². The number of aliphatic imine (C=N–C) groups is 1. The average Bonchev–Trinajstić information content (AvgIpc) is 2.59. The molecule has 0 aromatic carbocycles. The second kappa shape index (κ2) is 8.88. The van der Waals surface area contributed by atoms with Crippen LogP contribution in [0.5, 0.6) is 0 Å². The van der Waals surface area contributed by atoms with Crippen LogP contribution in [0.15, 0.2) is 4.99 Å². The van der Waals surface area contributed by atoms with Gasteiger partial charge in [0.2, 0.25) is 0 Å². The van der Waals surface area contributed by atoms with Gasteiger partial charge in [0.1, 0.15) is 0 Å². The molecule has 0 aromatic heterocycles. The van der Waals surface area contributed by atoms with E-state index in [0.717, 1.165) is 38.8 Å². The third kappa shape index (κ3) is 5.08. The highest BCUT2D eigenvalue weighted by Gasteiger charge is 2.38. The second-order valence-corrected chi connectivity index (χ2v) is 7.49. The quantitative estimate of drug-likeness (QED) is 0.601. The lowest BCUT2D eigenvalue weighted by Gasteiger charge is -2.48. The summed E-state index contributed by atoms with van der Waals surface area (Å²) in [6.45, 7) is 11.6. The molecule has 0 radical (unpaired) electrons. The average molecular weight is 325 g/mol. The van der Waals surface area contributed by atoms with E-state index in [1.807, 2.05) is 7.05 Å². The number of nitrogens with one attached hydrogen (secondary N) is 2. The van der Waals surface area contributed by atoms with Crippen molar-refractivity contribution in [2.75, 3.05) is 39.9 Å². The van der Waals surface area contributed by atoms with Crippen LogP contribution in [0.4, 0.5) is 0 Å². The van der Waals surface area contributed by atoms with Crippen LogP contribution >= 0.6 is 0 Å². The maximum Gasteiger partial charge on any atom is 0.191 e. The van der Waals surface area contributed by atoms with E-state index in [-0.39, 0.29) is 5.54 Å². The molecule has 0 amide bonds. The molecule has 1 saturated heterocycles. The van der Waals surface area contributed by atoms with Gasteiger partial charge in [-0.15, -0.1) is 0 Å². The lowest BCUT2D eigenvalue weighted by molar-refractivity contribution is -0.0352. The Bertz CT molecular complexity index is 371.